The number of carbonyl (C=O) groups excluding carboxylic acids is 1. The van der Waals surface area contributed by atoms with E-state index in [4.69, 9.17) is 5.73 Å². The standard InChI is InChI=1S/C12H18F3N3OS2/c1-3-17-10(19)8-7(16)9(20-2)11(21-8)18-6-4-5-12(13,14)15/h18H,3-6,16H2,1-2H3,(H,17,19). The average Bonchev–Trinajstić information content (AvgIpc) is 2.70. The number of carbonyl (C=O) groups is 1. The Morgan fingerprint density at radius 2 is 2.10 bits per heavy atom. The summed E-state index contributed by atoms with van der Waals surface area (Å²) in [6.45, 7) is 2.47. The molecule has 0 fully saturated rings. The minimum absolute atomic E-state index is 0.0222. The van der Waals surface area contributed by atoms with E-state index in [-0.39, 0.29) is 18.9 Å². The van der Waals surface area contributed by atoms with Gasteiger partial charge in [0.05, 0.1) is 10.6 Å². The van der Waals surface area contributed by atoms with Crippen LogP contribution in [0.25, 0.3) is 0 Å². The minimum atomic E-state index is -4.15. The molecular weight excluding hydrogens is 323 g/mol. The lowest BCUT2D eigenvalue weighted by atomic mass is 10.3. The highest BCUT2D eigenvalue weighted by molar-refractivity contribution is 7.99. The van der Waals surface area contributed by atoms with Crippen LogP contribution in [0.2, 0.25) is 0 Å². The number of hydrogen-bond acceptors (Lipinski definition) is 5. The number of thiophene rings is 1. The van der Waals surface area contributed by atoms with Crippen LogP contribution in [0.4, 0.5) is 23.9 Å². The number of hydrogen-bond donors (Lipinski definition) is 3. The third kappa shape index (κ3) is 5.31. The molecule has 0 radical (unpaired) electrons. The fraction of sp³-hybridized carbons (Fsp3) is 0.583. The van der Waals surface area contributed by atoms with E-state index in [0.29, 0.717) is 27.0 Å². The van der Waals surface area contributed by atoms with E-state index in [1.165, 1.54) is 23.1 Å². The number of alkyl halides is 3. The number of nitrogens with one attached hydrogen (secondary N) is 2. The van der Waals surface area contributed by atoms with E-state index in [2.05, 4.69) is 10.6 Å². The van der Waals surface area contributed by atoms with Gasteiger partial charge in [-0.05, 0) is 19.6 Å². The Morgan fingerprint density at radius 1 is 1.43 bits per heavy atom. The van der Waals surface area contributed by atoms with Crippen molar-refractivity contribution >= 4 is 39.7 Å². The summed E-state index contributed by atoms with van der Waals surface area (Å²) in [6, 6.07) is 0. The summed E-state index contributed by atoms with van der Waals surface area (Å²) >= 11 is 2.53. The molecule has 0 saturated heterocycles. The first-order chi connectivity index (χ1) is 9.80. The second-order valence-electron chi connectivity index (χ2n) is 4.21. The number of nitrogens with two attached hydrogens (primary N) is 1. The Morgan fingerprint density at radius 3 is 2.62 bits per heavy atom. The summed E-state index contributed by atoms with van der Waals surface area (Å²) in [7, 11) is 0. The van der Waals surface area contributed by atoms with Crippen molar-refractivity contribution in [2.24, 2.45) is 0 Å². The quantitative estimate of drug-likeness (QED) is 0.524. The molecule has 0 aliphatic carbocycles. The summed E-state index contributed by atoms with van der Waals surface area (Å²) < 4.78 is 36.3. The highest BCUT2D eigenvalue weighted by Gasteiger charge is 2.26. The highest BCUT2D eigenvalue weighted by atomic mass is 32.2. The molecule has 21 heavy (non-hydrogen) atoms. The van der Waals surface area contributed by atoms with E-state index < -0.39 is 12.6 Å². The molecule has 0 aliphatic rings. The van der Waals surface area contributed by atoms with E-state index in [1.54, 1.807) is 13.2 Å². The predicted molar refractivity (Wildman–Crippen MR) is 82.3 cm³/mol. The molecular formula is C12H18F3N3OS2. The highest BCUT2D eigenvalue weighted by Crippen LogP contribution is 2.41. The second kappa shape index (κ2) is 7.79. The molecule has 0 bridgehead atoms. The lowest BCUT2D eigenvalue weighted by Gasteiger charge is -2.08. The Kier molecular flexibility index (Phi) is 6.66. The van der Waals surface area contributed by atoms with Crippen molar-refractivity contribution in [2.75, 3.05) is 30.4 Å². The molecule has 120 valence electrons. The van der Waals surface area contributed by atoms with Crippen molar-refractivity contribution in [2.45, 2.75) is 30.8 Å². The first-order valence-electron chi connectivity index (χ1n) is 6.35. The molecule has 4 N–H and O–H groups in total. The van der Waals surface area contributed by atoms with E-state index >= 15 is 0 Å². The zero-order chi connectivity index (χ0) is 16.0. The largest absolute Gasteiger partial charge is 0.396 e. The molecule has 1 amide bonds. The fourth-order valence-electron chi connectivity index (χ4n) is 1.65. The molecule has 0 spiro atoms. The monoisotopic (exact) mass is 341 g/mol. The van der Waals surface area contributed by atoms with Crippen molar-refractivity contribution in [1.29, 1.82) is 0 Å². The molecule has 1 aromatic rings. The van der Waals surface area contributed by atoms with Gasteiger partial charge in [-0.2, -0.15) is 13.2 Å². The van der Waals surface area contributed by atoms with E-state index in [9.17, 15) is 18.0 Å². The number of anilines is 2. The Balaban J connectivity index is 2.73. The van der Waals surface area contributed by atoms with Crippen LogP contribution in [-0.4, -0.2) is 31.4 Å². The Hall–Kier alpha value is -1.09. The topological polar surface area (TPSA) is 67.2 Å². The first kappa shape index (κ1) is 18.0. The second-order valence-corrected chi connectivity index (χ2v) is 6.05. The van der Waals surface area contributed by atoms with Gasteiger partial charge in [0.2, 0.25) is 0 Å². The molecule has 0 saturated carbocycles. The molecule has 1 rings (SSSR count). The summed E-state index contributed by atoms with van der Waals surface area (Å²) in [6.07, 6.45) is -3.20. The Labute approximate surface area is 129 Å². The normalized spacial score (nSPS) is 11.5. The zero-order valence-electron chi connectivity index (χ0n) is 11.8. The van der Waals surface area contributed by atoms with Crippen LogP contribution in [0, 0.1) is 0 Å². The van der Waals surface area contributed by atoms with Gasteiger partial charge in [0.15, 0.2) is 0 Å². The number of nitrogen functional groups attached to an aromatic ring is 1. The Bertz CT molecular complexity index is 489. The summed E-state index contributed by atoms with van der Waals surface area (Å²) in [5.41, 5.74) is 6.30. The van der Waals surface area contributed by atoms with Crippen molar-refractivity contribution in [1.82, 2.24) is 5.32 Å². The van der Waals surface area contributed by atoms with Gasteiger partial charge >= 0.3 is 6.18 Å². The van der Waals surface area contributed by atoms with Crippen molar-refractivity contribution in [3.63, 3.8) is 0 Å². The van der Waals surface area contributed by atoms with Gasteiger partial charge in [-0.3, -0.25) is 4.79 Å². The van der Waals surface area contributed by atoms with Gasteiger partial charge in [0.25, 0.3) is 5.91 Å². The van der Waals surface area contributed by atoms with Gasteiger partial charge < -0.3 is 16.4 Å². The van der Waals surface area contributed by atoms with E-state index in [0.717, 1.165) is 0 Å². The smallest absolute Gasteiger partial charge is 0.389 e. The van der Waals surface area contributed by atoms with Crippen LogP contribution in [0.5, 0.6) is 0 Å². The number of amides is 1. The zero-order valence-corrected chi connectivity index (χ0v) is 13.4. The minimum Gasteiger partial charge on any atom is -0.396 e. The molecule has 4 nitrogen and oxygen atoms in total. The van der Waals surface area contributed by atoms with Gasteiger partial charge in [0, 0.05) is 19.5 Å². The molecule has 0 unspecified atom stereocenters. The average molecular weight is 341 g/mol. The maximum atomic E-state index is 12.1. The third-order valence-electron chi connectivity index (χ3n) is 2.57. The lowest BCUT2D eigenvalue weighted by Crippen LogP contribution is -2.22. The fourth-order valence-corrected chi connectivity index (χ4v) is 3.63. The van der Waals surface area contributed by atoms with Crippen molar-refractivity contribution < 1.29 is 18.0 Å². The first-order valence-corrected chi connectivity index (χ1v) is 8.39. The third-order valence-corrected chi connectivity index (χ3v) is 4.69. The molecule has 1 heterocycles. The number of rotatable bonds is 7. The molecule has 0 aromatic carbocycles. The molecule has 0 aliphatic heterocycles. The van der Waals surface area contributed by atoms with Crippen molar-refractivity contribution in [3.05, 3.63) is 4.88 Å². The van der Waals surface area contributed by atoms with Crippen LogP contribution < -0.4 is 16.4 Å². The number of thioether (sulfide) groups is 1. The molecule has 1 aromatic heterocycles. The summed E-state index contributed by atoms with van der Waals surface area (Å²) in [5, 5.41) is 6.23. The van der Waals surface area contributed by atoms with Crippen LogP contribution >= 0.6 is 23.1 Å². The summed E-state index contributed by atoms with van der Waals surface area (Å²) in [4.78, 5) is 12.9. The van der Waals surface area contributed by atoms with Gasteiger partial charge in [0.1, 0.15) is 9.88 Å². The van der Waals surface area contributed by atoms with Crippen LogP contribution in [0.15, 0.2) is 4.90 Å². The SMILES string of the molecule is CCNC(=O)c1sc(NCCCC(F)(F)F)c(SC)c1N. The van der Waals surface area contributed by atoms with Crippen LogP contribution in [0.3, 0.4) is 0 Å². The maximum Gasteiger partial charge on any atom is 0.389 e. The van der Waals surface area contributed by atoms with Gasteiger partial charge in [-0.1, -0.05) is 0 Å². The number of halogens is 3. The van der Waals surface area contributed by atoms with E-state index in [1.807, 2.05) is 0 Å². The van der Waals surface area contributed by atoms with Crippen LogP contribution in [-0.2, 0) is 0 Å². The van der Waals surface area contributed by atoms with Crippen molar-refractivity contribution in [3.8, 4) is 0 Å². The lowest BCUT2D eigenvalue weighted by molar-refractivity contribution is -0.134. The molecule has 0 atom stereocenters. The van der Waals surface area contributed by atoms with Gasteiger partial charge in [-0.15, -0.1) is 23.1 Å². The van der Waals surface area contributed by atoms with Crippen LogP contribution in [0.1, 0.15) is 29.4 Å². The molecule has 9 heteroatoms. The predicted octanol–water partition coefficient (Wildman–Crippen LogP) is 3.56. The summed E-state index contributed by atoms with van der Waals surface area (Å²) in [5.74, 6) is -0.265. The maximum absolute atomic E-state index is 12.1. The van der Waals surface area contributed by atoms with Gasteiger partial charge in [-0.25, -0.2) is 0 Å².